The Balaban J connectivity index is 0. The van der Waals surface area contributed by atoms with E-state index in [1.54, 1.807) is 0 Å². The van der Waals surface area contributed by atoms with Gasteiger partial charge in [0, 0.05) is 0 Å². The summed E-state index contributed by atoms with van der Waals surface area (Å²) in [5, 5.41) is -0.837. The first kappa shape index (κ1) is 23.9. The van der Waals surface area contributed by atoms with Crippen molar-refractivity contribution in [3.05, 3.63) is 24.3 Å². The maximum atomic E-state index is 11.9. The first-order valence-electron chi connectivity index (χ1n) is 7.78. The summed E-state index contributed by atoms with van der Waals surface area (Å²) in [6, 6.07) is 5.40. The number of halogens is 1. The Labute approximate surface area is 172 Å². The van der Waals surface area contributed by atoms with Gasteiger partial charge < -0.3 is 6.16 Å². The normalized spacial score (nSPS) is 12.3. The van der Waals surface area contributed by atoms with E-state index in [0.717, 1.165) is 25.3 Å². The zero-order valence-electron chi connectivity index (χ0n) is 15.2. The number of ether oxygens (including phenoxy) is 1. The number of carbonyl (C=O) groups is 1. The van der Waals surface area contributed by atoms with Crippen LogP contribution in [0.4, 0.5) is 0 Å². The van der Waals surface area contributed by atoms with Crippen LogP contribution in [-0.2, 0) is 14.9 Å². The van der Waals surface area contributed by atoms with Gasteiger partial charge in [0.25, 0.3) is 10.1 Å². The Kier molecular flexibility index (Phi) is 12.2. The van der Waals surface area contributed by atoms with Crippen LogP contribution in [0.15, 0.2) is 29.2 Å². The number of alkyl halides is 1. The Morgan fingerprint density at radius 2 is 1.79 bits per heavy atom. The molecule has 0 aromatic heterocycles. The maximum Gasteiger partial charge on any atom is 1.00 e. The minimum absolute atomic E-state index is 0. The van der Waals surface area contributed by atoms with Gasteiger partial charge in [0.05, 0.1) is 0 Å². The molecule has 0 aliphatic carbocycles. The van der Waals surface area contributed by atoms with Gasteiger partial charge in [-0.3, -0.25) is 9.35 Å². The van der Waals surface area contributed by atoms with E-state index >= 15 is 0 Å². The Bertz CT molecular complexity index is 612. The van der Waals surface area contributed by atoms with Crippen molar-refractivity contribution in [2.24, 2.45) is 0 Å². The topological polar surface area (TPSA) is 80.7 Å². The van der Waals surface area contributed by atoms with Crippen LogP contribution in [0.1, 0.15) is 53.3 Å². The van der Waals surface area contributed by atoms with E-state index in [0.29, 0.717) is 6.42 Å². The van der Waals surface area contributed by atoms with Crippen LogP contribution in [0.3, 0.4) is 0 Å². The van der Waals surface area contributed by atoms with Gasteiger partial charge in [-0.1, -0.05) is 57.6 Å². The van der Waals surface area contributed by atoms with Gasteiger partial charge in [-0.2, -0.15) is 8.42 Å². The molecule has 8 heteroatoms. The number of unbranched alkanes of at least 4 members (excludes halogenated alkanes) is 5. The standard InChI is InChI=1S/C16H23ClO5S.Na.H/c1-2-3-4-5-6-7-10-13(17)16(18)22-14-11-8-9-12-15(14)23(19,20)21;;/h8-9,11-13H,2-7,10H2,1H3,(H,19,20,21);;/q;+1;-1. The minimum atomic E-state index is -4.45. The van der Waals surface area contributed by atoms with E-state index in [9.17, 15) is 13.2 Å². The second kappa shape index (κ2) is 12.3. The maximum absolute atomic E-state index is 11.9. The van der Waals surface area contributed by atoms with E-state index in [2.05, 4.69) is 6.92 Å². The molecule has 1 N–H and O–H groups in total. The van der Waals surface area contributed by atoms with Gasteiger partial charge in [-0.25, -0.2) is 0 Å². The van der Waals surface area contributed by atoms with Crippen molar-refractivity contribution in [3.63, 3.8) is 0 Å². The van der Waals surface area contributed by atoms with Crippen LogP contribution in [0.5, 0.6) is 5.75 Å². The summed E-state index contributed by atoms with van der Waals surface area (Å²) in [5.74, 6) is -0.926. The van der Waals surface area contributed by atoms with E-state index in [4.69, 9.17) is 20.9 Å². The molecule has 1 rings (SSSR count). The predicted molar refractivity (Wildman–Crippen MR) is 90.6 cm³/mol. The van der Waals surface area contributed by atoms with Gasteiger partial charge in [0.15, 0.2) is 5.75 Å². The Hall–Kier alpha value is -0.110. The van der Waals surface area contributed by atoms with Crippen LogP contribution >= 0.6 is 11.6 Å². The number of para-hydroxylation sites is 1. The zero-order chi connectivity index (χ0) is 17.3. The molecule has 0 saturated carbocycles. The molecular weight excluding hydrogens is 363 g/mol. The molecule has 1 atom stereocenters. The van der Waals surface area contributed by atoms with Gasteiger partial charge in [0.2, 0.25) is 0 Å². The molecule has 0 radical (unpaired) electrons. The van der Waals surface area contributed by atoms with Crippen molar-refractivity contribution in [1.29, 1.82) is 0 Å². The van der Waals surface area contributed by atoms with Gasteiger partial charge in [-0.05, 0) is 18.6 Å². The fraction of sp³-hybridized carbons (Fsp3) is 0.562. The number of hydrogen-bond acceptors (Lipinski definition) is 4. The number of esters is 1. The predicted octanol–water partition coefficient (Wildman–Crippen LogP) is 1.31. The van der Waals surface area contributed by atoms with Crippen LogP contribution in [0.25, 0.3) is 0 Å². The van der Waals surface area contributed by atoms with Gasteiger partial charge >= 0.3 is 35.5 Å². The Morgan fingerprint density at radius 3 is 2.42 bits per heavy atom. The molecule has 5 nitrogen and oxygen atoms in total. The summed E-state index contributed by atoms with van der Waals surface area (Å²) < 4.78 is 36.6. The fourth-order valence-corrected chi connectivity index (χ4v) is 2.95. The van der Waals surface area contributed by atoms with Crippen molar-refractivity contribution < 1.29 is 53.5 Å². The molecule has 1 aromatic rings. The number of rotatable bonds is 10. The van der Waals surface area contributed by atoms with Crippen molar-refractivity contribution in [3.8, 4) is 5.75 Å². The summed E-state index contributed by atoms with van der Waals surface area (Å²) in [6.07, 6.45) is 6.95. The molecule has 0 aliphatic rings. The van der Waals surface area contributed by atoms with Crippen molar-refractivity contribution in [2.45, 2.75) is 62.1 Å². The molecular formula is C16H24ClNaO5S. The minimum Gasteiger partial charge on any atom is -1.00 e. The molecule has 0 heterocycles. The SMILES string of the molecule is CCCCCCCCC(Cl)C(=O)Oc1ccccc1S(=O)(=O)O.[H-].[Na+]. The molecule has 0 spiro atoms. The summed E-state index contributed by atoms with van der Waals surface area (Å²) >= 11 is 6.00. The van der Waals surface area contributed by atoms with E-state index < -0.39 is 26.4 Å². The number of carbonyl (C=O) groups excluding carboxylic acids is 1. The molecule has 24 heavy (non-hydrogen) atoms. The molecule has 0 saturated heterocycles. The van der Waals surface area contributed by atoms with Gasteiger partial charge in [0.1, 0.15) is 10.3 Å². The first-order chi connectivity index (χ1) is 10.9. The van der Waals surface area contributed by atoms with Crippen molar-refractivity contribution in [2.75, 3.05) is 0 Å². The average Bonchev–Trinajstić information content (AvgIpc) is 2.50. The summed E-state index contributed by atoms with van der Waals surface area (Å²) in [7, 11) is -4.45. The van der Waals surface area contributed by atoms with Crippen molar-refractivity contribution in [1.82, 2.24) is 0 Å². The Morgan fingerprint density at radius 1 is 1.21 bits per heavy atom. The molecule has 1 unspecified atom stereocenters. The largest absolute Gasteiger partial charge is 1.00 e. The molecule has 0 fully saturated rings. The third-order valence-electron chi connectivity index (χ3n) is 3.40. The second-order valence-corrected chi connectivity index (χ2v) is 7.28. The molecule has 132 valence electrons. The van der Waals surface area contributed by atoms with E-state index in [-0.39, 0.29) is 36.7 Å². The van der Waals surface area contributed by atoms with Crippen LogP contribution in [0.2, 0.25) is 0 Å². The molecule has 1 aromatic carbocycles. The summed E-state index contributed by atoms with van der Waals surface area (Å²) in [5.41, 5.74) is 0. The second-order valence-electron chi connectivity index (χ2n) is 5.37. The molecule has 0 aliphatic heterocycles. The van der Waals surface area contributed by atoms with Crippen LogP contribution < -0.4 is 34.3 Å². The number of benzene rings is 1. The monoisotopic (exact) mass is 386 g/mol. The summed E-state index contributed by atoms with van der Waals surface area (Å²) in [4.78, 5) is 11.5. The average molecular weight is 387 g/mol. The third kappa shape index (κ3) is 8.83. The van der Waals surface area contributed by atoms with Crippen molar-refractivity contribution >= 4 is 27.7 Å². The van der Waals surface area contributed by atoms with Gasteiger partial charge in [-0.15, -0.1) is 11.6 Å². The quantitative estimate of drug-likeness (QED) is 0.164. The smallest absolute Gasteiger partial charge is 1.00 e. The molecule has 0 bridgehead atoms. The first-order valence-corrected chi connectivity index (χ1v) is 9.66. The number of hydrogen-bond donors (Lipinski definition) is 1. The third-order valence-corrected chi connectivity index (χ3v) is 4.69. The van der Waals surface area contributed by atoms with E-state index in [1.807, 2.05) is 0 Å². The zero-order valence-corrected chi connectivity index (χ0v) is 17.8. The van der Waals surface area contributed by atoms with Crippen LogP contribution in [0, 0.1) is 0 Å². The summed E-state index contributed by atoms with van der Waals surface area (Å²) in [6.45, 7) is 2.15. The van der Waals surface area contributed by atoms with Crippen LogP contribution in [-0.4, -0.2) is 24.3 Å². The molecule has 0 amide bonds. The van der Waals surface area contributed by atoms with E-state index in [1.165, 1.54) is 37.5 Å². The fourth-order valence-electron chi connectivity index (χ4n) is 2.14.